The fourth-order valence-electron chi connectivity index (χ4n) is 4.31. The number of morpholine rings is 1. The van der Waals surface area contributed by atoms with Crippen molar-refractivity contribution in [2.45, 2.75) is 0 Å². The van der Waals surface area contributed by atoms with Crippen LogP contribution in [0.1, 0.15) is 5.56 Å². The van der Waals surface area contributed by atoms with E-state index in [4.69, 9.17) is 40.2 Å². The molecule has 6 nitrogen and oxygen atoms in total. The number of benzene rings is 3. The number of carbonyl (C=O) groups is 2. The van der Waals surface area contributed by atoms with E-state index < -0.39 is 11.8 Å². The Balaban J connectivity index is 1.54. The Morgan fingerprint density at radius 2 is 1.45 bits per heavy atom. The number of carbonyl (C=O) groups excluding carboxylic acids is 2. The lowest BCUT2D eigenvalue weighted by Crippen LogP contribution is -2.57. The van der Waals surface area contributed by atoms with Crippen LogP contribution >= 0.6 is 35.4 Å². The number of nitrogens with zero attached hydrogens (tertiary/aromatic N) is 3. The Labute approximate surface area is 236 Å². The van der Waals surface area contributed by atoms with Crippen molar-refractivity contribution in [1.82, 2.24) is 0 Å². The minimum atomic E-state index is -0.580. The molecule has 0 radical (unpaired) electrons. The number of anilines is 3. The van der Waals surface area contributed by atoms with Crippen molar-refractivity contribution >= 4 is 75.5 Å². The van der Waals surface area contributed by atoms with E-state index in [1.165, 1.54) is 15.9 Å². The average molecular weight is 564 g/mol. The van der Waals surface area contributed by atoms with E-state index in [1.54, 1.807) is 24.3 Å². The van der Waals surface area contributed by atoms with E-state index in [9.17, 15) is 9.59 Å². The molecule has 192 valence electrons. The highest BCUT2D eigenvalue weighted by Crippen LogP contribution is 2.37. The van der Waals surface area contributed by atoms with Gasteiger partial charge in [-0.15, -0.1) is 0 Å². The van der Waals surface area contributed by atoms with Crippen LogP contribution in [0.2, 0.25) is 10.0 Å². The molecule has 0 bridgehead atoms. The number of amides is 2. The summed E-state index contributed by atoms with van der Waals surface area (Å²) >= 11 is 18.5. The number of ether oxygens (including phenoxy) is 1. The molecule has 0 N–H and O–H groups in total. The standard InChI is InChI=1S/C29H23Cl2N3O3S/c30-24-10-5-11-25(26(24)31)34-28(36)23(9-4-8-20-6-2-1-3-7-20)27(35)33(29(34)38)22-14-12-21(13-15-22)32-16-18-37-19-17-32/h1-15H,16-19H2/b8-4-,23-9-. The van der Waals surface area contributed by atoms with Gasteiger partial charge in [0.05, 0.1) is 34.6 Å². The zero-order chi connectivity index (χ0) is 26.6. The van der Waals surface area contributed by atoms with Crippen LogP contribution < -0.4 is 14.7 Å². The highest BCUT2D eigenvalue weighted by Gasteiger charge is 2.41. The zero-order valence-corrected chi connectivity index (χ0v) is 22.5. The van der Waals surface area contributed by atoms with Gasteiger partial charge in [0.2, 0.25) is 0 Å². The average Bonchev–Trinajstić information content (AvgIpc) is 2.94. The van der Waals surface area contributed by atoms with Crippen LogP contribution in [0.3, 0.4) is 0 Å². The summed E-state index contributed by atoms with van der Waals surface area (Å²) in [6.07, 6.45) is 4.99. The Hall–Kier alpha value is -3.49. The molecular weight excluding hydrogens is 541 g/mol. The first-order valence-corrected chi connectivity index (χ1v) is 13.1. The van der Waals surface area contributed by atoms with Crippen molar-refractivity contribution in [2.24, 2.45) is 0 Å². The maximum absolute atomic E-state index is 13.7. The van der Waals surface area contributed by atoms with Crippen LogP contribution in [0, 0.1) is 0 Å². The van der Waals surface area contributed by atoms with Gasteiger partial charge in [0.25, 0.3) is 11.8 Å². The molecule has 3 aromatic carbocycles. The summed E-state index contributed by atoms with van der Waals surface area (Å²) in [7, 11) is 0. The van der Waals surface area contributed by atoms with Crippen LogP contribution in [0.25, 0.3) is 6.08 Å². The van der Waals surface area contributed by atoms with Crippen molar-refractivity contribution in [2.75, 3.05) is 41.0 Å². The van der Waals surface area contributed by atoms with Gasteiger partial charge in [0.1, 0.15) is 5.57 Å². The molecule has 2 saturated heterocycles. The molecule has 2 aliphatic heterocycles. The summed E-state index contributed by atoms with van der Waals surface area (Å²) in [4.78, 5) is 32.2. The predicted molar refractivity (Wildman–Crippen MR) is 157 cm³/mol. The fourth-order valence-corrected chi connectivity index (χ4v) is 5.06. The van der Waals surface area contributed by atoms with E-state index in [0.717, 1.165) is 24.3 Å². The number of thiocarbonyl (C=S) groups is 1. The fraction of sp³-hybridized carbons (Fsp3) is 0.138. The van der Waals surface area contributed by atoms with E-state index in [-0.39, 0.29) is 20.7 Å². The first-order valence-electron chi connectivity index (χ1n) is 12.0. The van der Waals surface area contributed by atoms with Gasteiger partial charge in [-0.25, -0.2) is 0 Å². The monoisotopic (exact) mass is 563 g/mol. The van der Waals surface area contributed by atoms with Crippen LogP contribution in [0.5, 0.6) is 0 Å². The molecular formula is C29H23Cl2N3O3S. The van der Waals surface area contributed by atoms with Gasteiger partial charge in [-0.2, -0.15) is 0 Å². The van der Waals surface area contributed by atoms with Gasteiger partial charge < -0.3 is 9.64 Å². The molecule has 5 rings (SSSR count). The number of allylic oxidation sites excluding steroid dienone is 2. The van der Waals surface area contributed by atoms with E-state index in [0.29, 0.717) is 24.6 Å². The molecule has 2 aliphatic rings. The van der Waals surface area contributed by atoms with Crippen molar-refractivity contribution in [3.05, 3.63) is 106 Å². The Morgan fingerprint density at radius 1 is 0.789 bits per heavy atom. The molecule has 2 amide bonds. The molecule has 2 heterocycles. The second-order valence-corrected chi connectivity index (χ2v) is 9.75. The minimum absolute atomic E-state index is 0.00696. The Bertz CT molecular complexity index is 1440. The number of hydrogen-bond donors (Lipinski definition) is 0. The van der Waals surface area contributed by atoms with Crippen molar-refractivity contribution < 1.29 is 14.3 Å². The van der Waals surface area contributed by atoms with Crippen LogP contribution in [-0.4, -0.2) is 43.2 Å². The van der Waals surface area contributed by atoms with Crippen molar-refractivity contribution in [3.8, 4) is 0 Å². The largest absolute Gasteiger partial charge is 0.378 e. The summed E-state index contributed by atoms with van der Waals surface area (Å²) in [5.41, 5.74) is 2.72. The van der Waals surface area contributed by atoms with Gasteiger partial charge in [-0.05, 0) is 60.3 Å². The number of hydrogen-bond acceptors (Lipinski definition) is 5. The molecule has 9 heteroatoms. The van der Waals surface area contributed by atoms with Crippen LogP contribution in [0.15, 0.2) is 90.5 Å². The van der Waals surface area contributed by atoms with Crippen LogP contribution in [-0.2, 0) is 14.3 Å². The molecule has 2 fully saturated rings. The summed E-state index contributed by atoms with van der Waals surface area (Å²) < 4.78 is 5.44. The third kappa shape index (κ3) is 5.24. The first kappa shape index (κ1) is 26.1. The Morgan fingerprint density at radius 3 is 2.16 bits per heavy atom. The summed E-state index contributed by atoms with van der Waals surface area (Å²) in [6.45, 7) is 2.91. The smallest absolute Gasteiger partial charge is 0.270 e. The molecule has 0 unspecified atom stereocenters. The first-order chi connectivity index (χ1) is 18.5. The molecule has 0 aromatic heterocycles. The molecule has 0 atom stereocenters. The third-order valence-electron chi connectivity index (χ3n) is 6.26. The number of rotatable bonds is 5. The van der Waals surface area contributed by atoms with Crippen molar-refractivity contribution in [3.63, 3.8) is 0 Å². The summed E-state index contributed by atoms with van der Waals surface area (Å²) in [6, 6.07) is 22.0. The SMILES string of the molecule is O=C1/C(=C/C=C\c2ccccc2)C(=O)N(c2cccc(Cl)c2Cl)C(=S)N1c1ccc(N2CCOCC2)cc1. The van der Waals surface area contributed by atoms with Crippen LogP contribution in [0.4, 0.5) is 17.1 Å². The molecule has 38 heavy (non-hydrogen) atoms. The molecule has 0 aliphatic carbocycles. The summed E-state index contributed by atoms with van der Waals surface area (Å²) in [5, 5.41) is 0.432. The van der Waals surface area contributed by atoms with Crippen molar-refractivity contribution in [1.29, 1.82) is 0 Å². The van der Waals surface area contributed by atoms with E-state index >= 15 is 0 Å². The number of halogens is 2. The summed E-state index contributed by atoms with van der Waals surface area (Å²) in [5.74, 6) is -1.10. The molecule has 0 saturated carbocycles. The highest BCUT2D eigenvalue weighted by atomic mass is 35.5. The lowest BCUT2D eigenvalue weighted by Gasteiger charge is -2.37. The molecule has 3 aromatic rings. The zero-order valence-electron chi connectivity index (χ0n) is 20.2. The third-order valence-corrected chi connectivity index (χ3v) is 7.43. The predicted octanol–water partition coefficient (Wildman–Crippen LogP) is 6.13. The highest BCUT2D eigenvalue weighted by molar-refractivity contribution is 7.81. The lowest BCUT2D eigenvalue weighted by atomic mass is 10.1. The normalized spacial score (nSPS) is 17.7. The second kappa shape index (κ2) is 11.5. The van der Waals surface area contributed by atoms with E-state index in [1.807, 2.05) is 60.7 Å². The minimum Gasteiger partial charge on any atom is -0.378 e. The maximum Gasteiger partial charge on any atom is 0.270 e. The van der Waals surface area contributed by atoms with Gasteiger partial charge in [-0.1, -0.05) is 71.8 Å². The maximum atomic E-state index is 13.7. The van der Waals surface area contributed by atoms with Gasteiger partial charge in [0.15, 0.2) is 5.11 Å². The lowest BCUT2D eigenvalue weighted by molar-refractivity contribution is -0.120. The topological polar surface area (TPSA) is 53.1 Å². The quantitative estimate of drug-likeness (QED) is 0.212. The van der Waals surface area contributed by atoms with Gasteiger partial charge >= 0.3 is 0 Å². The van der Waals surface area contributed by atoms with Gasteiger partial charge in [-0.3, -0.25) is 19.4 Å². The second-order valence-electron chi connectivity index (χ2n) is 8.60. The van der Waals surface area contributed by atoms with E-state index in [2.05, 4.69) is 4.90 Å². The Kier molecular flexibility index (Phi) is 7.90. The molecule has 0 spiro atoms. The van der Waals surface area contributed by atoms with Gasteiger partial charge in [0, 0.05) is 18.8 Å².